The molecule has 146 valence electrons. The Morgan fingerprint density at radius 3 is 2.54 bits per heavy atom. The Bertz CT molecular complexity index is 941. The molecule has 0 aromatic heterocycles. The summed E-state index contributed by atoms with van der Waals surface area (Å²) in [6.45, 7) is 0.0168. The highest BCUT2D eigenvalue weighted by atomic mass is 35.5. The van der Waals surface area contributed by atoms with Crippen molar-refractivity contribution >= 4 is 23.6 Å². The second-order valence-electron chi connectivity index (χ2n) is 6.32. The lowest BCUT2D eigenvalue weighted by molar-refractivity contribution is 0.0850. The minimum Gasteiger partial charge on any atom is -0.492 e. The zero-order valence-electron chi connectivity index (χ0n) is 15.4. The van der Waals surface area contributed by atoms with Crippen molar-refractivity contribution in [1.82, 2.24) is 0 Å². The first-order valence-electron chi connectivity index (χ1n) is 8.66. The number of aldehydes is 1. The van der Waals surface area contributed by atoms with E-state index in [0.717, 1.165) is 17.6 Å². The van der Waals surface area contributed by atoms with Gasteiger partial charge in [-0.15, -0.1) is 0 Å². The van der Waals surface area contributed by atoms with Crippen molar-refractivity contribution in [2.75, 3.05) is 21.0 Å². The van der Waals surface area contributed by atoms with Gasteiger partial charge in [-0.2, -0.15) is 0 Å². The van der Waals surface area contributed by atoms with Gasteiger partial charge in [0.15, 0.2) is 17.8 Å². The van der Waals surface area contributed by atoms with Gasteiger partial charge in [-0.25, -0.2) is 0 Å². The molecule has 0 radical (unpaired) electrons. The second kappa shape index (κ2) is 7.59. The molecule has 0 fully saturated rings. The van der Waals surface area contributed by atoms with Crippen LogP contribution in [0.3, 0.4) is 0 Å². The molecule has 2 aromatic carbocycles. The number of carbonyl (C=O) groups is 1. The van der Waals surface area contributed by atoms with E-state index in [1.165, 1.54) is 14.2 Å². The van der Waals surface area contributed by atoms with Gasteiger partial charge in [-0.05, 0) is 17.7 Å². The van der Waals surface area contributed by atoms with Crippen LogP contribution >= 0.6 is 11.6 Å². The van der Waals surface area contributed by atoms with Gasteiger partial charge >= 0.3 is 0 Å². The number of methoxy groups -OCH3 is 2. The van der Waals surface area contributed by atoms with E-state index in [2.05, 4.69) is 5.16 Å². The number of hydrogen-bond donors (Lipinski definition) is 0. The van der Waals surface area contributed by atoms with Gasteiger partial charge in [0.2, 0.25) is 18.3 Å². The van der Waals surface area contributed by atoms with Crippen molar-refractivity contribution in [3.8, 4) is 23.0 Å². The van der Waals surface area contributed by atoms with Crippen LogP contribution in [0.25, 0.3) is 0 Å². The van der Waals surface area contributed by atoms with Crippen molar-refractivity contribution in [2.24, 2.45) is 5.16 Å². The quantitative estimate of drug-likeness (QED) is 0.685. The lowest BCUT2D eigenvalue weighted by Crippen LogP contribution is -2.15. The first-order valence-corrected chi connectivity index (χ1v) is 9.04. The van der Waals surface area contributed by atoms with E-state index in [0.29, 0.717) is 52.0 Å². The number of fused-ring (bicyclic) bond motifs is 1. The molecule has 1 atom stereocenters. The van der Waals surface area contributed by atoms with Crippen LogP contribution in [-0.2, 0) is 11.3 Å². The lowest BCUT2D eigenvalue weighted by atomic mass is 9.95. The zero-order valence-corrected chi connectivity index (χ0v) is 16.1. The summed E-state index contributed by atoms with van der Waals surface area (Å²) in [5.74, 6) is 1.56. The molecule has 7 nitrogen and oxygen atoms in total. The maximum atomic E-state index is 11.8. The third-order valence-corrected chi connectivity index (χ3v) is 4.99. The largest absolute Gasteiger partial charge is 0.492 e. The molecule has 0 aliphatic carbocycles. The summed E-state index contributed by atoms with van der Waals surface area (Å²) < 4.78 is 22.0. The predicted molar refractivity (Wildman–Crippen MR) is 102 cm³/mol. The molecule has 0 N–H and O–H groups in total. The van der Waals surface area contributed by atoms with Crippen LogP contribution in [-0.4, -0.2) is 39.1 Å². The van der Waals surface area contributed by atoms with E-state index >= 15 is 0 Å². The molecule has 0 saturated carbocycles. The Labute approximate surface area is 166 Å². The predicted octanol–water partition coefficient (Wildman–Crippen LogP) is 3.63. The van der Waals surface area contributed by atoms with Gasteiger partial charge in [0.1, 0.15) is 6.10 Å². The van der Waals surface area contributed by atoms with Crippen molar-refractivity contribution in [1.29, 1.82) is 0 Å². The van der Waals surface area contributed by atoms with Crippen LogP contribution in [0.4, 0.5) is 0 Å². The summed E-state index contributed by atoms with van der Waals surface area (Å²) in [5, 5.41) is 4.86. The van der Waals surface area contributed by atoms with E-state index in [-0.39, 0.29) is 12.9 Å². The van der Waals surface area contributed by atoms with Crippen LogP contribution in [0.5, 0.6) is 23.0 Å². The third-order valence-electron chi connectivity index (χ3n) is 4.74. The van der Waals surface area contributed by atoms with Crippen LogP contribution in [0.1, 0.15) is 27.9 Å². The highest BCUT2D eigenvalue weighted by Crippen LogP contribution is 2.51. The zero-order chi connectivity index (χ0) is 19.7. The average molecular weight is 404 g/mol. The standard InChI is InChI=1S/C20H18ClNO6/c1-24-17-14(15(9-23)18-20(19(17)25-2)27-10-26-18)7-13-8-16(22-28-13)11-3-5-12(21)6-4-11/h3-6,9,13H,7-8,10H2,1-2H3/t13-/m0/s1. The van der Waals surface area contributed by atoms with Crippen LogP contribution in [0, 0.1) is 0 Å². The molecule has 0 spiro atoms. The molecule has 0 saturated heterocycles. The monoisotopic (exact) mass is 403 g/mol. The summed E-state index contributed by atoms with van der Waals surface area (Å²) >= 11 is 5.94. The van der Waals surface area contributed by atoms with E-state index in [1.54, 1.807) is 0 Å². The van der Waals surface area contributed by atoms with Crippen molar-refractivity contribution in [2.45, 2.75) is 18.9 Å². The second-order valence-corrected chi connectivity index (χ2v) is 6.76. The molecule has 8 heteroatoms. The third kappa shape index (κ3) is 3.11. The number of benzene rings is 2. The van der Waals surface area contributed by atoms with Crippen LogP contribution < -0.4 is 18.9 Å². The maximum absolute atomic E-state index is 11.8. The van der Waals surface area contributed by atoms with E-state index in [9.17, 15) is 4.79 Å². The SMILES string of the molecule is COc1c(C[C@H]2CC(c3ccc(Cl)cc3)=NO2)c(C=O)c2c(c1OC)OCO2. The number of hydrogen-bond acceptors (Lipinski definition) is 7. The van der Waals surface area contributed by atoms with E-state index in [4.69, 9.17) is 35.4 Å². The number of rotatable bonds is 6. The average Bonchev–Trinajstić information content (AvgIpc) is 3.37. The van der Waals surface area contributed by atoms with E-state index < -0.39 is 0 Å². The van der Waals surface area contributed by atoms with Gasteiger partial charge in [0.25, 0.3) is 0 Å². The molecule has 0 amide bonds. The smallest absolute Gasteiger partial charge is 0.231 e. The van der Waals surface area contributed by atoms with Gasteiger partial charge in [-0.3, -0.25) is 4.79 Å². The molecular weight excluding hydrogens is 386 g/mol. The molecule has 0 bridgehead atoms. The Morgan fingerprint density at radius 2 is 1.86 bits per heavy atom. The molecule has 4 rings (SSSR count). The Balaban J connectivity index is 1.64. The fraction of sp³-hybridized carbons (Fsp3) is 0.300. The first kappa shape index (κ1) is 18.4. The van der Waals surface area contributed by atoms with E-state index in [1.807, 2.05) is 24.3 Å². The highest BCUT2D eigenvalue weighted by Gasteiger charge is 2.33. The number of ether oxygens (including phenoxy) is 4. The van der Waals surface area contributed by atoms with Crippen molar-refractivity contribution < 1.29 is 28.6 Å². The van der Waals surface area contributed by atoms with Crippen molar-refractivity contribution in [3.05, 3.63) is 46.0 Å². The number of carbonyl (C=O) groups excluding carboxylic acids is 1. The Hall–Kier alpha value is -2.93. The Kier molecular flexibility index (Phi) is 5.00. The summed E-state index contributed by atoms with van der Waals surface area (Å²) in [5.41, 5.74) is 2.77. The minimum atomic E-state index is -0.261. The van der Waals surface area contributed by atoms with Crippen molar-refractivity contribution in [3.63, 3.8) is 0 Å². The lowest BCUT2D eigenvalue weighted by Gasteiger charge is -2.18. The molecule has 2 heterocycles. The molecule has 2 aliphatic rings. The normalized spacial score (nSPS) is 17.1. The number of oxime groups is 1. The molecule has 2 aliphatic heterocycles. The Morgan fingerprint density at radius 1 is 1.14 bits per heavy atom. The van der Waals surface area contributed by atoms with Gasteiger partial charge in [0, 0.05) is 23.4 Å². The summed E-state index contributed by atoms with van der Waals surface area (Å²) in [6.07, 6.45) is 1.45. The van der Waals surface area contributed by atoms with Gasteiger partial charge < -0.3 is 23.8 Å². The molecule has 0 unspecified atom stereocenters. The summed E-state index contributed by atoms with van der Waals surface area (Å²) in [7, 11) is 3.03. The molecular formula is C20H18ClNO6. The van der Waals surface area contributed by atoms with Crippen LogP contribution in [0.2, 0.25) is 5.02 Å². The number of nitrogens with zero attached hydrogens (tertiary/aromatic N) is 1. The fourth-order valence-corrected chi connectivity index (χ4v) is 3.58. The van der Waals surface area contributed by atoms with Gasteiger partial charge in [-0.1, -0.05) is 28.9 Å². The molecule has 28 heavy (non-hydrogen) atoms. The minimum absolute atomic E-state index is 0.0168. The summed E-state index contributed by atoms with van der Waals surface area (Å²) in [4.78, 5) is 17.4. The van der Waals surface area contributed by atoms with Gasteiger partial charge in [0.05, 0.1) is 25.5 Å². The maximum Gasteiger partial charge on any atom is 0.231 e. The first-order chi connectivity index (χ1) is 13.7. The highest BCUT2D eigenvalue weighted by molar-refractivity contribution is 6.30. The summed E-state index contributed by atoms with van der Waals surface area (Å²) in [6, 6.07) is 7.41. The van der Waals surface area contributed by atoms with Crippen LogP contribution in [0.15, 0.2) is 29.4 Å². The molecule has 2 aromatic rings. The topological polar surface area (TPSA) is 75.6 Å². The fourth-order valence-electron chi connectivity index (χ4n) is 3.45. The number of halogens is 1.